The Kier molecular flexibility index (Phi) is 5.52. The molecule has 1 N–H and O–H groups in total. The number of carbonyl (C=O) groups is 2. The van der Waals surface area contributed by atoms with Crippen LogP contribution in [0.25, 0.3) is 0 Å². The molecule has 1 atom stereocenters. The Morgan fingerprint density at radius 3 is 2.72 bits per heavy atom. The smallest absolute Gasteiger partial charge is 0.274 e. The lowest BCUT2D eigenvalue weighted by atomic mass is 10.1. The van der Waals surface area contributed by atoms with Gasteiger partial charge in [-0.3, -0.25) is 9.63 Å². The average molecular weight is 249 g/mol. The molecule has 0 saturated heterocycles. The van der Waals surface area contributed by atoms with Gasteiger partial charge in [0.1, 0.15) is 6.10 Å². The first-order valence-corrected chi connectivity index (χ1v) is 6.01. The van der Waals surface area contributed by atoms with Crippen molar-refractivity contribution in [3.05, 3.63) is 35.4 Å². The molecule has 1 rings (SSSR count). The quantitative estimate of drug-likeness (QED) is 0.621. The number of hydroxylamine groups is 1. The Morgan fingerprint density at radius 1 is 1.44 bits per heavy atom. The second-order valence-corrected chi connectivity index (χ2v) is 4.72. The third kappa shape index (κ3) is 4.67. The van der Waals surface area contributed by atoms with Crippen molar-refractivity contribution in [1.82, 2.24) is 5.48 Å². The largest absolute Gasteiger partial charge is 0.300 e. The zero-order valence-electron chi connectivity index (χ0n) is 11.0. The van der Waals surface area contributed by atoms with Gasteiger partial charge in [-0.1, -0.05) is 31.5 Å². The van der Waals surface area contributed by atoms with Crippen LogP contribution in [0.5, 0.6) is 0 Å². The van der Waals surface area contributed by atoms with E-state index in [0.717, 1.165) is 5.56 Å². The van der Waals surface area contributed by atoms with Crippen molar-refractivity contribution in [2.24, 2.45) is 5.92 Å². The fraction of sp³-hybridized carbons (Fsp3) is 0.429. The van der Waals surface area contributed by atoms with Crippen LogP contribution >= 0.6 is 0 Å². The highest BCUT2D eigenvalue weighted by atomic mass is 16.7. The summed E-state index contributed by atoms with van der Waals surface area (Å²) < 4.78 is 0. The van der Waals surface area contributed by atoms with Gasteiger partial charge in [-0.2, -0.15) is 0 Å². The second-order valence-electron chi connectivity index (χ2n) is 4.72. The molecule has 0 bridgehead atoms. The van der Waals surface area contributed by atoms with Crippen LogP contribution < -0.4 is 5.48 Å². The highest BCUT2D eigenvalue weighted by Gasteiger charge is 2.13. The standard InChI is InChI=1S/C14H19NO3/c1-10(2)7-13(9-16)18-15-14(17)12-6-4-5-11(3)8-12/h4-6,8-10,13H,7H2,1-3H3,(H,15,17). The second kappa shape index (κ2) is 6.91. The number of aryl methyl sites for hydroxylation is 1. The average Bonchev–Trinajstić information content (AvgIpc) is 2.33. The highest BCUT2D eigenvalue weighted by molar-refractivity contribution is 5.93. The summed E-state index contributed by atoms with van der Waals surface area (Å²) in [5, 5.41) is 0. The van der Waals surface area contributed by atoms with Crippen molar-refractivity contribution >= 4 is 12.2 Å². The minimum Gasteiger partial charge on any atom is -0.300 e. The summed E-state index contributed by atoms with van der Waals surface area (Å²) in [6.45, 7) is 5.88. The molecule has 0 heterocycles. The van der Waals surface area contributed by atoms with E-state index in [4.69, 9.17) is 4.84 Å². The van der Waals surface area contributed by atoms with Gasteiger partial charge in [-0.25, -0.2) is 5.48 Å². The SMILES string of the molecule is Cc1cccc(C(=O)NOC(C=O)CC(C)C)c1. The molecule has 0 fully saturated rings. The summed E-state index contributed by atoms with van der Waals surface area (Å²) in [6, 6.07) is 7.17. The van der Waals surface area contributed by atoms with Crippen LogP contribution in [0.2, 0.25) is 0 Å². The molecule has 18 heavy (non-hydrogen) atoms. The highest BCUT2D eigenvalue weighted by Crippen LogP contribution is 2.07. The third-order valence-electron chi connectivity index (χ3n) is 2.44. The van der Waals surface area contributed by atoms with Crippen LogP contribution in [-0.4, -0.2) is 18.3 Å². The van der Waals surface area contributed by atoms with Crippen LogP contribution in [0.3, 0.4) is 0 Å². The number of rotatable bonds is 6. The number of amides is 1. The Hall–Kier alpha value is -1.68. The number of carbonyl (C=O) groups excluding carboxylic acids is 2. The molecule has 0 aliphatic rings. The summed E-state index contributed by atoms with van der Waals surface area (Å²) in [5.41, 5.74) is 3.83. The van der Waals surface area contributed by atoms with Crippen molar-refractivity contribution in [3.63, 3.8) is 0 Å². The Balaban J connectivity index is 2.52. The number of benzene rings is 1. The van der Waals surface area contributed by atoms with Crippen LogP contribution in [0.15, 0.2) is 24.3 Å². The molecule has 0 aliphatic carbocycles. The molecule has 1 unspecified atom stereocenters. The zero-order valence-corrected chi connectivity index (χ0v) is 11.0. The lowest BCUT2D eigenvalue weighted by molar-refractivity contribution is -0.122. The molecule has 0 aromatic heterocycles. The molecule has 0 spiro atoms. The topological polar surface area (TPSA) is 55.4 Å². The van der Waals surface area contributed by atoms with Crippen molar-refractivity contribution in [2.75, 3.05) is 0 Å². The van der Waals surface area contributed by atoms with Gasteiger partial charge in [-0.15, -0.1) is 0 Å². The molecular formula is C14H19NO3. The monoisotopic (exact) mass is 249 g/mol. The molecule has 98 valence electrons. The molecule has 1 amide bonds. The lowest BCUT2D eigenvalue weighted by Gasteiger charge is -2.14. The van der Waals surface area contributed by atoms with E-state index >= 15 is 0 Å². The molecule has 1 aromatic carbocycles. The normalized spacial score (nSPS) is 12.2. The Labute approximate surface area is 107 Å². The summed E-state index contributed by atoms with van der Waals surface area (Å²) in [5.74, 6) is -0.00891. The minimum atomic E-state index is -0.598. The van der Waals surface area contributed by atoms with Gasteiger partial charge in [0.05, 0.1) is 0 Å². The summed E-state index contributed by atoms with van der Waals surface area (Å²) >= 11 is 0. The molecule has 0 radical (unpaired) electrons. The third-order valence-corrected chi connectivity index (χ3v) is 2.44. The van der Waals surface area contributed by atoms with Crippen molar-refractivity contribution < 1.29 is 14.4 Å². The van der Waals surface area contributed by atoms with Gasteiger partial charge >= 0.3 is 0 Å². The van der Waals surface area contributed by atoms with Gasteiger partial charge in [0.15, 0.2) is 6.29 Å². The first-order valence-electron chi connectivity index (χ1n) is 6.01. The fourth-order valence-corrected chi connectivity index (χ4v) is 1.57. The van der Waals surface area contributed by atoms with Crippen LogP contribution in [0.1, 0.15) is 36.2 Å². The number of nitrogens with one attached hydrogen (secondary N) is 1. The zero-order chi connectivity index (χ0) is 13.5. The number of hydrogen-bond donors (Lipinski definition) is 1. The van der Waals surface area contributed by atoms with Crippen molar-refractivity contribution in [3.8, 4) is 0 Å². The van der Waals surface area contributed by atoms with E-state index in [1.165, 1.54) is 0 Å². The first kappa shape index (κ1) is 14.4. The van der Waals surface area contributed by atoms with E-state index in [1.807, 2.05) is 26.8 Å². The van der Waals surface area contributed by atoms with E-state index in [9.17, 15) is 9.59 Å². The van der Waals surface area contributed by atoms with E-state index < -0.39 is 6.10 Å². The summed E-state index contributed by atoms with van der Waals surface area (Å²) in [6.07, 6.45) is 0.687. The van der Waals surface area contributed by atoms with Gasteiger partial charge in [-0.05, 0) is 31.4 Å². The molecule has 0 saturated carbocycles. The molecule has 1 aromatic rings. The van der Waals surface area contributed by atoms with Crippen LogP contribution in [0, 0.1) is 12.8 Å². The van der Waals surface area contributed by atoms with Crippen molar-refractivity contribution in [2.45, 2.75) is 33.3 Å². The lowest BCUT2D eigenvalue weighted by Crippen LogP contribution is -2.31. The first-order chi connectivity index (χ1) is 8.52. The molecular weight excluding hydrogens is 230 g/mol. The predicted octanol–water partition coefficient (Wildman–Crippen LogP) is 2.27. The van der Waals surface area contributed by atoms with Gasteiger partial charge in [0.25, 0.3) is 5.91 Å². The number of aldehydes is 1. The molecule has 4 nitrogen and oxygen atoms in total. The molecule has 0 aliphatic heterocycles. The van der Waals surface area contributed by atoms with Crippen molar-refractivity contribution in [1.29, 1.82) is 0 Å². The maximum Gasteiger partial charge on any atom is 0.274 e. The van der Waals surface area contributed by atoms with Gasteiger partial charge < -0.3 is 4.79 Å². The van der Waals surface area contributed by atoms with E-state index in [-0.39, 0.29) is 5.91 Å². The maximum absolute atomic E-state index is 11.8. The van der Waals surface area contributed by atoms with E-state index in [1.54, 1.807) is 18.2 Å². The van der Waals surface area contributed by atoms with E-state index in [0.29, 0.717) is 24.2 Å². The Morgan fingerprint density at radius 2 is 2.17 bits per heavy atom. The Bertz CT molecular complexity index is 415. The summed E-state index contributed by atoms with van der Waals surface area (Å²) in [4.78, 5) is 27.6. The fourth-order valence-electron chi connectivity index (χ4n) is 1.57. The number of hydrogen-bond acceptors (Lipinski definition) is 3. The van der Waals surface area contributed by atoms with Crippen LogP contribution in [-0.2, 0) is 9.63 Å². The molecule has 4 heteroatoms. The van der Waals surface area contributed by atoms with Crippen LogP contribution in [0.4, 0.5) is 0 Å². The van der Waals surface area contributed by atoms with Gasteiger partial charge in [0.2, 0.25) is 0 Å². The predicted molar refractivity (Wildman–Crippen MR) is 69.0 cm³/mol. The summed E-state index contributed by atoms with van der Waals surface area (Å²) in [7, 11) is 0. The van der Waals surface area contributed by atoms with Gasteiger partial charge in [0, 0.05) is 5.56 Å². The maximum atomic E-state index is 11.8. The minimum absolute atomic E-state index is 0.330. The van der Waals surface area contributed by atoms with E-state index in [2.05, 4.69) is 5.48 Å².